The molecule has 1 unspecified atom stereocenters. The minimum absolute atomic E-state index is 0.111. The summed E-state index contributed by atoms with van der Waals surface area (Å²) in [7, 11) is 0. The number of imide groups is 1. The summed E-state index contributed by atoms with van der Waals surface area (Å²) in [4.78, 5) is 39.8. The molecule has 7 nitrogen and oxygen atoms in total. The van der Waals surface area contributed by atoms with Gasteiger partial charge in [-0.2, -0.15) is 0 Å². The average molecular weight is 524 g/mol. The Balaban J connectivity index is 1.45. The molecule has 29 heavy (non-hydrogen) atoms. The number of thioether (sulfide) groups is 1. The predicted octanol–water partition coefficient (Wildman–Crippen LogP) is 3.49. The smallest absolute Gasteiger partial charge is 0.291 e. The summed E-state index contributed by atoms with van der Waals surface area (Å²) >= 11 is 3.11. The highest BCUT2D eigenvalue weighted by molar-refractivity contribution is 14.1. The number of halogens is 1. The van der Waals surface area contributed by atoms with Crippen molar-refractivity contribution >= 4 is 51.4 Å². The van der Waals surface area contributed by atoms with Crippen molar-refractivity contribution in [3.05, 3.63) is 63.2 Å². The normalized spacial score (nSPS) is 17.3. The van der Waals surface area contributed by atoms with Crippen LogP contribution >= 0.6 is 34.4 Å². The third-order valence-corrected chi connectivity index (χ3v) is 6.08. The number of ether oxygens (including phenoxy) is 2. The number of amides is 3. The monoisotopic (exact) mass is 524 g/mol. The molecule has 0 aromatic heterocycles. The molecule has 2 heterocycles. The Hall–Kier alpha value is -2.11. The fraction of sp³-hybridized carbons (Fsp3) is 0.250. The van der Waals surface area contributed by atoms with Crippen molar-refractivity contribution in [1.82, 2.24) is 9.80 Å². The second kappa shape index (κ2) is 8.72. The third kappa shape index (κ3) is 4.26. The first-order valence-electron chi connectivity index (χ1n) is 8.91. The summed E-state index contributed by atoms with van der Waals surface area (Å²) in [5.74, 6) is 0.266. The van der Waals surface area contributed by atoms with Gasteiger partial charge in [0.2, 0.25) is 5.91 Å². The Kier molecular flexibility index (Phi) is 6.07. The highest BCUT2D eigenvalue weighted by Gasteiger charge is 2.37. The maximum Gasteiger partial charge on any atom is 0.291 e. The largest absolute Gasteiger partial charge is 0.472 e. The number of rotatable bonds is 6. The van der Waals surface area contributed by atoms with Crippen LogP contribution in [0.5, 0.6) is 5.75 Å². The Morgan fingerprint density at radius 2 is 1.93 bits per heavy atom. The summed E-state index contributed by atoms with van der Waals surface area (Å²) in [6.45, 7) is 0.551. The van der Waals surface area contributed by atoms with Gasteiger partial charge in [0.1, 0.15) is 5.75 Å². The maximum atomic E-state index is 12.7. The topological polar surface area (TPSA) is 76.2 Å². The van der Waals surface area contributed by atoms with E-state index in [1.807, 2.05) is 36.4 Å². The van der Waals surface area contributed by atoms with Crippen molar-refractivity contribution in [2.45, 2.75) is 6.23 Å². The van der Waals surface area contributed by atoms with Crippen LogP contribution in [-0.2, 0) is 9.53 Å². The van der Waals surface area contributed by atoms with E-state index in [0.29, 0.717) is 16.9 Å². The molecule has 0 saturated carbocycles. The number of nitrogens with zero attached hydrogens (tertiary/aromatic N) is 2. The summed E-state index contributed by atoms with van der Waals surface area (Å²) in [6, 6.07) is 14.6. The molecular formula is C20H17IN2O5S. The molecule has 2 aromatic rings. The van der Waals surface area contributed by atoms with E-state index in [1.165, 1.54) is 0 Å². The van der Waals surface area contributed by atoms with E-state index in [9.17, 15) is 14.4 Å². The van der Waals surface area contributed by atoms with Crippen LogP contribution in [0.4, 0.5) is 4.79 Å². The standard InChI is InChI=1S/C20H17IN2O5S/c21-14-6-7-16-15(10-14)18(25)22(12-28-16)8-9-27-19(13-4-2-1-3-5-13)23-17(24)11-29-20(23)26/h1-7,10,19H,8-9,11-12H2. The van der Waals surface area contributed by atoms with Gasteiger partial charge in [0, 0.05) is 15.7 Å². The van der Waals surface area contributed by atoms with Crippen LogP contribution in [0.3, 0.4) is 0 Å². The molecule has 1 fully saturated rings. The summed E-state index contributed by atoms with van der Waals surface area (Å²) in [5.41, 5.74) is 1.22. The SMILES string of the molecule is O=C1c2cc(I)ccc2OCN1CCOC(c1ccccc1)N1C(=O)CSC1=O. The fourth-order valence-electron chi connectivity index (χ4n) is 3.14. The van der Waals surface area contributed by atoms with Crippen molar-refractivity contribution in [1.29, 1.82) is 0 Å². The van der Waals surface area contributed by atoms with Crippen molar-refractivity contribution < 1.29 is 23.9 Å². The zero-order valence-electron chi connectivity index (χ0n) is 15.2. The Morgan fingerprint density at radius 1 is 1.14 bits per heavy atom. The molecule has 0 spiro atoms. The first-order chi connectivity index (χ1) is 14.0. The summed E-state index contributed by atoms with van der Waals surface area (Å²) < 4.78 is 12.5. The number of hydrogen-bond acceptors (Lipinski definition) is 6. The van der Waals surface area contributed by atoms with Gasteiger partial charge in [-0.25, -0.2) is 4.90 Å². The molecule has 9 heteroatoms. The molecule has 0 N–H and O–H groups in total. The van der Waals surface area contributed by atoms with Crippen LogP contribution in [0.15, 0.2) is 48.5 Å². The van der Waals surface area contributed by atoms with Gasteiger partial charge < -0.3 is 14.4 Å². The zero-order chi connectivity index (χ0) is 20.4. The van der Waals surface area contributed by atoms with E-state index in [0.717, 1.165) is 20.2 Å². The van der Waals surface area contributed by atoms with E-state index in [4.69, 9.17) is 9.47 Å². The highest BCUT2D eigenvalue weighted by Crippen LogP contribution is 2.31. The molecule has 3 amide bonds. The van der Waals surface area contributed by atoms with Crippen LogP contribution < -0.4 is 4.74 Å². The lowest BCUT2D eigenvalue weighted by Crippen LogP contribution is -2.42. The summed E-state index contributed by atoms with van der Waals surface area (Å²) in [6.07, 6.45) is -0.819. The van der Waals surface area contributed by atoms with Gasteiger partial charge in [-0.15, -0.1) is 0 Å². The van der Waals surface area contributed by atoms with Crippen LogP contribution in [0, 0.1) is 3.57 Å². The zero-order valence-corrected chi connectivity index (χ0v) is 18.2. The van der Waals surface area contributed by atoms with E-state index >= 15 is 0 Å². The van der Waals surface area contributed by atoms with Gasteiger partial charge in [-0.05, 0) is 40.8 Å². The van der Waals surface area contributed by atoms with E-state index < -0.39 is 6.23 Å². The molecule has 4 rings (SSSR count). The van der Waals surface area contributed by atoms with Crippen molar-refractivity contribution in [2.24, 2.45) is 0 Å². The molecule has 0 bridgehead atoms. The van der Waals surface area contributed by atoms with Gasteiger partial charge in [-0.3, -0.25) is 14.4 Å². The van der Waals surface area contributed by atoms with E-state index in [-0.39, 0.29) is 42.7 Å². The second-order valence-electron chi connectivity index (χ2n) is 6.43. The number of fused-ring (bicyclic) bond motifs is 1. The lowest BCUT2D eigenvalue weighted by Gasteiger charge is -2.30. The van der Waals surface area contributed by atoms with Crippen molar-refractivity contribution in [3.8, 4) is 5.75 Å². The molecule has 1 saturated heterocycles. The Labute approximate surface area is 185 Å². The van der Waals surface area contributed by atoms with Gasteiger partial charge in [0.15, 0.2) is 13.0 Å². The molecule has 2 aromatic carbocycles. The first-order valence-corrected chi connectivity index (χ1v) is 11.0. The van der Waals surface area contributed by atoms with Crippen LogP contribution in [-0.4, -0.2) is 52.5 Å². The number of carbonyl (C=O) groups excluding carboxylic acids is 3. The van der Waals surface area contributed by atoms with Crippen LogP contribution in [0.25, 0.3) is 0 Å². The second-order valence-corrected chi connectivity index (χ2v) is 8.61. The van der Waals surface area contributed by atoms with Gasteiger partial charge in [0.25, 0.3) is 11.1 Å². The van der Waals surface area contributed by atoms with Crippen molar-refractivity contribution in [2.75, 3.05) is 25.6 Å². The van der Waals surface area contributed by atoms with E-state index in [2.05, 4.69) is 22.6 Å². The minimum atomic E-state index is -0.819. The highest BCUT2D eigenvalue weighted by atomic mass is 127. The molecule has 0 aliphatic carbocycles. The van der Waals surface area contributed by atoms with Crippen LogP contribution in [0.2, 0.25) is 0 Å². The predicted molar refractivity (Wildman–Crippen MR) is 116 cm³/mol. The van der Waals surface area contributed by atoms with Gasteiger partial charge in [-0.1, -0.05) is 42.1 Å². The van der Waals surface area contributed by atoms with Crippen LogP contribution in [0.1, 0.15) is 22.1 Å². The molecule has 150 valence electrons. The fourth-order valence-corrected chi connectivity index (χ4v) is 4.35. The number of hydrogen-bond donors (Lipinski definition) is 0. The van der Waals surface area contributed by atoms with Crippen molar-refractivity contribution in [3.63, 3.8) is 0 Å². The average Bonchev–Trinajstić information content (AvgIpc) is 3.06. The van der Waals surface area contributed by atoms with Gasteiger partial charge in [0.05, 0.1) is 17.9 Å². The lowest BCUT2D eigenvalue weighted by atomic mass is 10.1. The maximum absolute atomic E-state index is 12.7. The molecule has 2 aliphatic rings. The molecular weight excluding hydrogens is 507 g/mol. The number of carbonyl (C=O) groups is 3. The summed E-state index contributed by atoms with van der Waals surface area (Å²) in [5, 5.41) is -0.329. The molecule has 0 radical (unpaired) electrons. The Morgan fingerprint density at radius 3 is 2.66 bits per heavy atom. The molecule has 1 atom stereocenters. The Bertz CT molecular complexity index is 939. The quantitative estimate of drug-likeness (QED) is 0.539. The first kappa shape index (κ1) is 20.2. The van der Waals surface area contributed by atoms with E-state index in [1.54, 1.807) is 17.0 Å². The lowest BCUT2D eigenvalue weighted by molar-refractivity contribution is -0.136. The van der Waals surface area contributed by atoms with Gasteiger partial charge >= 0.3 is 0 Å². The third-order valence-electron chi connectivity index (χ3n) is 4.58. The number of benzene rings is 2. The minimum Gasteiger partial charge on any atom is -0.472 e. The molecule has 2 aliphatic heterocycles.